The number of carboxylic acid groups (broad SMARTS) is 1. The molecule has 1 aliphatic carbocycles. The second-order valence-electron chi connectivity index (χ2n) is 9.92. The lowest BCUT2D eigenvalue weighted by Gasteiger charge is -2.34. The summed E-state index contributed by atoms with van der Waals surface area (Å²) in [7, 11) is 0. The van der Waals surface area contributed by atoms with E-state index in [-0.39, 0.29) is 24.3 Å². The number of nitrogen functional groups attached to an aromatic ring is 1. The highest BCUT2D eigenvalue weighted by atomic mass is 16.5. The number of likely N-dealkylation sites (tertiary alicyclic amines) is 1. The van der Waals surface area contributed by atoms with Crippen LogP contribution in [0, 0.1) is 5.92 Å². The fraction of sp³-hybridized carbons (Fsp3) is 0.536. The van der Waals surface area contributed by atoms with Crippen LogP contribution in [-0.4, -0.2) is 64.1 Å². The van der Waals surface area contributed by atoms with Gasteiger partial charge in [0.2, 0.25) is 11.8 Å². The van der Waals surface area contributed by atoms with Crippen LogP contribution in [0.5, 0.6) is 0 Å². The molecule has 0 radical (unpaired) electrons. The number of pyridine rings is 1. The van der Waals surface area contributed by atoms with Gasteiger partial charge >= 0.3 is 6.09 Å². The number of amides is 3. The highest BCUT2D eigenvalue weighted by Gasteiger charge is 2.40. The molecule has 11 nitrogen and oxygen atoms in total. The van der Waals surface area contributed by atoms with E-state index >= 15 is 0 Å². The maximum Gasteiger partial charge on any atom is 0.407 e. The average Bonchev–Trinajstić information content (AvgIpc) is 3.41. The number of ether oxygens (including phenoxy) is 1. The molecule has 4 rings (SSSR count). The molecular weight excluding hydrogens is 502 g/mol. The zero-order valence-electron chi connectivity index (χ0n) is 22.7. The van der Waals surface area contributed by atoms with Gasteiger partial charge in [0.25, 0.3) is 5.97 Å². The van der Waals surface area contributed by atoms with Crippen LogP contribution in [0.15, 0.2) is 30.5 Å². The Morgan fingerprint density at radius 1 is 1.13 bits per heavy atom. The molecule has 2 heterocycles. The summed E-state index contributed by atoms with van der Waals surface area (Å²) in [6, 6.07) is 6.48. The SMILES string of the molecule is CC(=O)O.CCOC(=O)N[C@@H](C(=O)N1CCC[C@H]1C(=O)NCc1ccc2c(N)nccc2c1)C1CCCCC1. The maximum absolute atomic E-state index is 13.6. The third-order valence-electron chi connectivity index (χ3n) is 7.10. The van der Waals surface area contributed by atoms with Crippen molar-refractivity contribution in [1.29, 1.82) is 0 Å². The number of carboxylic acids is 1. The maximum atomic E-state index is 13.6. The Hall–Kier alpha value is -3.89. The van der Waals surface area contributed by atoms with E-state index in [9.17, 15) is 14.4 Å². The van der Waals surface area contributed by atoms with E-state index in [1.807, 2.05) is 24.3 Å². The number of hydrogen-bond donors (Lipinski definition) is 4. The van der Waals surface area contributed by atoms with Gasteiger partial charge in [0.05, 0.1) is 6.61 Å². The molecule has 1 saturated carbocycles. The number of aromatic nitrogens is 1. The Bertz CT molecular complexity index is 1160. The number of nitrogens with zero attached hydrogens (tertiary/aromatic N) is 2. The topological polar surface area (TPSA) is 164 Å². The zero-order valence-corrected chi connectivity index (χ0v) is 22.7. The quantitative estimate of drug-likeness (QED) is 0.415. The van der Waals surface area contributed by atoms with Crippen molar-refractivity contribution in [2.24, 2.45) is 5.92 Å². The van der Waals surface area contributed by atoms with Gasteiger partial charge in [-0.25, -0.2) is 9.78 Å². The number of rotatable bonds is 7. The minimum atomic E-state index is -0.833. The van der Waals surface area contributed by atoms with Crippen LogP contribution in [0.3, 0.4) is 0 Å². The first-order chi connectivity index (χ1) is 18.7. The molecule has 2 fully saturated rings. The summed E-state index contributed by atoms with van der Waals surface area (Å²) in [5.74, 6) is -0.661. The third-order valence-corrected chi connectivity index (χ3v) is 7.10. The highest BCUT2D eigenvalue weighted by Crippen LogP contribution is 2.29. The number of anilines is 1. The number of fused-ring (bicyclic) bond motifs is 1. The van der Waals surface area contributed by atoms with Crippen LogP contribution in [0.2, 0.25) is 0 Å². The van der Waals surface area contributed by atoms with Gasteiger partial charge < -0.3 is 31.1 Å². The number of nitrogens with two attached hydrogens (primary N) is 1. The first kappa shape index (κ1) is 29.7. The molecule has 0 unspecified atom stereocenters. The molecular formula is C28H39N5O6. The van der Waals surface area contributed by atoms with Gasteiger partial charge in [-0.1, -0.05) is 31.4 Å². The monoisotopic (exact) mass is 541 g/mol. The number of carbonyl (C=O) groups excluding carboxylic acids is 3. The number of alkyl carbamates (subject to hydrolysis) is 1. The Morgan fingerprint density at radius 3 is 2.54 bits per heavy atom. The molecule has 3 amide bonds. The van der Waals surface area contributed by atoms with Crippen molar-refractivity contribution in [1.82, 2.24) is 20.5 Å². The molecule has 1 saturated heterocycles. The van der Waals surface area contributed by atoms with E-state index in [2.05, 4.69) is 15.6 Å². The molecule has 1 aromatic carbocycles. The number of carbonyl (C=O) groups is 4. The van der Waals surface area contributed by atoms with Crippen molar-refractivity contribution in [2.75, 3.05) is 18.9 Å². The Kier molecular flexibility index (Phi) is 10.9. The lowest BCUT2D eigenvalue weighted by molar-refractivity contribution is -0.141. The first-order valence-corrected chi connectivity index (χ1v) is 13.5. The van der Waals surface area contributed by atoms with Crippen molar-refractivity contribution >= 4 is 40.5 Å². The van der Waals surface area contributed by atoms with Gasteiger partial charge in [-0.05, 0) is 61.6 Å². The molecule has 0 spiro atoms. The molecule has 0 bridgehead atoms. The second-order valence-corrected chi connectivity index (χ2v) is 9.92. The summed E-state index contributed by atoms with van der Waals surface area (Å²) in [6.45, 7) is 3.92. The summed E-state index contributed by atoms with van der Waals surface area (Å²) in [4.78, 5) is 53.7. The molecule has 212 valence electrons. The predicted octanol–water partition coefficient (Wildman–Crippen LogP) is 3.21. The Morgan fingerprint density at radius 2 is 1.85 bits per heavy atom. The molecule has 2 aliphatic rings. The van der Waals surface area contributed by atoms with Gasteiger partial charge in [0.15, 0.2) is 0 Å². The molecule has 11 heteroatoms. The number of nitrogens with one attached hydrogen (secondary N) is 2. The molecule has 1 aliphatic heterocycles. The van der Waals surface area contributed by atoms with Gasteiger partial charge in [-0.3, -0.25) is 14.4 Å². The zero-order chi connectivity index (χ0) is 28.4. The third kappa shape index (κ3) is 8.30. The number of hydrogen-bond acceptors (Lipinski definition) is 7. The number of benzene rings is 1. The van der Waals surface area contributed by atoms with Crippen molar-refractivity contribution in [3.8, 4) is 0 Å². The largest absolute Gasteiger partial charge is 0.481 e. The van der Waals surface area contributed by atoms with Crippen LogP contribution < -0.4 is 16.4 Å². The van der Waals surface area contributed by atoms with E-state index in [1.165, 1.54) is 0 Å². The lowest BCUT2D eigenvalue weighted by Crippen LogP contribution is -2.56. The minimum Gasteiger partial charge on any atom is -0.481 e. The van der Waals surface area contributed by atoms with E-state index in [0.29, 0.717) is 25.3 Å². The van der Waals surface area contributed by atoms with Gasteiger partial charge in [-0.15, -0.1) is 0 Å². The van der Waals surface area contributed by atoms with Gasteiger partial charge in [-0.2, -0.15) is 0 Å². The molecule has 2 aromatic rings. The fourth-order valence-corrected chi connectivity index (χ4v) is 5.30. The molecule has 5 N–H and O–H groups in total. The second kappa shape index (κ2) is 14.3. The summed E-state index contributed by atoms with van der Waals surface area (Å²) in [6.07, 6.45) is 7.43. The van der Waals surface area contributed by atoms with Crippen molar-refractivity contribution in [3.63, 3.8) is 0 Å². The lowest BCUT2D eigenvalue weighted by atomic mass is 9.83. The standard InChI is InChI=1S/C26H35N5O4.C2H4O2/c1-2-35-26(34)30-22(18-7-4-3-5-8-18)25(33)31-14-6-9-21(31)24(32)29-16-17-10-11-20-19(15-17)12-13-28-23(20)27;1-2(3)4/h10-13,15,18,21-22H,2-9,14,16H2,1H3,(H2,27,28)(H,29,32)(H,30,34);1H3,(H,3,4)/t21-,22+;/m0./s1. The Labute approximate surface area is 228 Å². The number of aliphatic carboxylic acids is 1. The molecule has 1 aromatic heterocycles. The van der Waals surface area contributed by atoms with Crippen molar-refractivity contribution in [3.05, 3.63) is 36.0 Å². The van der Waals surface area contributed by atoms with E-state index < -0.39 is 24.1 Å². The predicted molar refractivity (Wildman–Crippen MR) is 147 cm³/mol. The van der Waals surface area contributed by atoms with Crippen molar-refractivity contribution in [2.45, 2.75) is 77.4 Å². The van der Waals surface area contributed by atoms with Crippen molar-refractivity contribution < 1.29 is 29.0 Å². The van der Waals surface area contributed by atoms with Crippen LogP contribution in [0.1, 0.15) is 64.4 Å². The van der Waals surface area contributed by atoms with Crippen LogP contribution >= 0.6 is 0 Å². The molecule has 2 atom stereocenters. The van der Waals surface area contributed by atoms with E-state index in [0.717, 1.165) is 61.8 Å². The summed E-state index contributed by atoms with van der Waals surface area (Å²) in [5.41, 5.74) is 6.87. The molecule has 39 heavy (non-hydrogen) atoms. The average molecular weight is 542 g/mol. The Balaban J connectivity index is 0.000000983. The van der Waals surface area contributed by atoms with Gasteiger partial charge in [0, 0.05) is 31.6 Å². The summed E-state index contributed by atoms with van der Waals surface area (Å²) < 4.78 is 5.06. The fourth-order valence-electron chi connectivity index (χ4n) is 5.30. The van der Waals surface area contributed by atoms with Crippen LogP contribution in [0.25, 0.3) is 10.8 Å². The first-order valence-electron chi connectivity index (χ1n) is 13.5. The van der Waals surface area contributed by atoms with E-state index in [4.69, 9.17) is 20.4 Å². The highest BCUT2D eigenvalue weighted by molar-refractivity contribution is 5.93. The van der Waals surface area contributed by atoms with Gasteiger partial charge in [0.1, 0.15) is 17.9 Å². The minimum absolute atomic E-state index is 0.0597. The van der Waals surface area contributed by atoms with Crippen LogP contribution in [-0.2, 0) is 25.7 Å². The van der Waals surface area contributed by atoms with E-state index in [1.54, 1.807) is 18.0 Å². The van der Waals surface area contributed by atoms with Crippen LogP contribution in [0.4, 0.5) is 10.6 Å². The smallest absolute Gasteiger partial charge is 0.407 e. The summed E-state index contributed by atoms with van der Waals surface area (Å²) in [5, 5.41) is 15.0. The summed E-state index contributed by atoms with van der Waals surface area (Å²) >= 11 is 0. The normalized spacial score (nSPS) is 18.0.